The fraction of sp³-hybridized carbons (Fsp3) is 0.500. The molecule has 0 aliphatic rings. The van der Waals surface area contributed by atoms with Crippen molar-refractivity contribution < 1.29 is 4.74 Å². The van der Waals surface area contributed by atoms with Crippen LogP contribution in [0, 0.1) is 18.3 Å². The van der Waals surface area contributed by atoms with Crippen molar-refractivity contribution in [3.05, 3.63) is 23.4 Å². The molecule has 0 aromatic carbocycles. The summed E-state index contributed by atoms with van der Waals surface area (Å²) in [5.41, 5.74) is 1.36. The Labute approximate surface area is 96.5 Å². The molecule has 0 amide bonds. The third kappa shape index (κ3) is 3.87. The van der Waals surface area contributed by atoms with Crippen molar-refractivity contribution in [3.63, 3.8) is 0 Å². The van der Waals surface area contributed by atoms with Crippen LogP contribution in [0.2, 0.25) is 0 Å². The van der Waals surface area contributed by atoms with Gasteiger partial charge in [0.2, 0.25) is 5.88 Å². The second-order valence-electron chi connectivity index (χ2n) is 3.92. The number of rotatable bonds is 5. The van der Waals surface area contributed by atoms with E-state index in [0.717, 1.165) is 18.7 Å². The predicted molar refractivity (Wildman–Crippen MR) is 62.4 cm³/mol. The number of nitriles is 1. The molecule has 0 saturated heterocycles. The second-order valence-corrected chi connectivity index (χ2v) is 3.92. The van der Waals surface area contributed by atoms with Crippen LogP contribution in [0.1, 0.15) is 17.7 Å². The van der Waals surface area contributed by atoms with E-state index in [0.29, 0.717) is 18.1 Å². The molecule has 0 bridgehead atoms. The normalized spacial score (nSPS) is 10.2. The van der Waals surface area contributed by atoms with Crippen LogP contribution in [-0.2, 0) is 0 Å². The van der Waals surface area contributed by atoms with Gasteiger partial charge in [-0.25, -0.2) is 4.98 Å². The molecule has 16 heavy (non-hydrogen) atoms. The molecule has 0 aliphatic carbocycles. The Kier molecular flexibility index (Phi) is 4.74. The lowest BCUT2D eigenvalue weighted by Gasteiger charge is -2.10. The summed E-state index contributed by atoms with van der Waals surface area (Å²) in [5, 5.41) is 8.88. The molecule has 1 rings (SSSR count). The zero-order valence-electron chi connectivity index (χ0n) is 10.0. The topological polar surface area (TPSA) is 49.1 Å². The standard InChI is InChI=1S/C12H17N3O/c1-10-5-6-11(9-13)12(14-10)16-8-4-7-15(2)3/h5-6H,4,7-8H2,1-3H3. The van der Waals surface area contributed by atoms with Crippen LogP contribution in [0.25, 0.3) is 0 Å². The summed E-state index contributed by atoms with van der Waals surface area (Å²) < 4.78 is 5.50. The summed E-state index contributed by atoms with van der Waals surface area (Å²) >= 11 is 0. The Morgan fingerprint density at radius 3 is 2.81 bits per heavy atom. The van der Waals surface area contributed by atoms with Gasteiger partial charge in [-0.15, -0.1) is 0 Å². The van der Waals surface area contributed by atoms with E-state index < -0.39 is 0 Å². The molecule has 0 aliphatic heterocycles. The summed E-state index contributed by atoms with van der Waals surface area (Å²) in [6.45, 7) is 3.44. The van der Waals surface area contributed by atoms with Crippen molar-refractivity contribution in [2.45, 2.75) is 13.3 Å². The highest BCUT2D eigenvalue weighted by Crippen LogP contribution is 2.14. The van der Waals surface area contributed by atoms with Gasteiger partial charge in [-0.2, -0.15) is 5.26 Å². The third-order valence-electron chi connectivity index (χ3n) is 2.11. The van der Waals surface area contributed by atoms with Gasteiger partial charge in [-0.3, -0.25) is 0 Å². The Morgan fingerprint density at radius 1 is 1.44 bits per heavy atom. The van der Waals surface area contributed by atoms with Crippen LogP contribution in [0.15, 0.2) is 12.1 Å². The molecule has 0 spiro atoms. The molecule has 0 N–H and O–H groups in total. The maximum Gasteiger partial charge on any atom is 0.231 e. The summed E-state index contributed by atoms with van der Waals surface area (Å²) in [4.78, 5) is 6.30. The van der Waals surface area contributed by atoms with Crippen LogP contribution >= 0.6 is 0 Å². The summed E-state index contributed by atoms with van der Waals surface area (Å²) in [7, 11) is 4.04. The van der Waals surface area contributed by atoms with Gasteiger partial charge in [0.15, 0.2) is 0 Å². The van der Waals surface area contributed by atoms with Gasteiger partial charge in [0.1, 0.15) is 11.6 Å². The zero-order valence-corrected chi connectivity index (χ0v) is 10.0. The molecule has 4 heteroatoms. The van der Waals surface area contributed by atoms with E-state index in [1.54, 1.807) is 6.07 Å². The van der Waals surface area contributed by atoms with Crippen molar-refractivity contribution in [1.82, 2.24) is 9.88 Å². The summed E-state index contributed by atoms with van der Waals surface area (Å²) in [5.74, 6) is 0.446. The Balaban J connectivity index is 2.53. The molecule has 1 aromatic rings. The van der Waals surface area contributed by atoms with Crippen LogP contribution in [-0.4, -0.2) is 37.1 Å². The molecule has 0 fully saturated rings. The van der Waals surface area contributed by atoms with Crippen LogP contribution in [0.5, 0.6) is 5.88 Å². The summed E-state index contributed by atoms with van der Waals surface area (Å²) in [6.07, 6.45) is 0.924. The maximum atomic E-state index is 8.88. The van der Waals surface area contributed by atoms with Gasteiger partial charge < -0.3 is 9.64 Å². The SMILES string of the molecule is Cc1ccc(C#N)c(OCCCN(C)C)n1. The van der Waals surface area contributed by atoms with Crippen LogP contribution in [0.3, 0.4) is 0 Å². The fourth-order valence-electron chi connectivity index (χ4n) is 1.28. The van der Waals surface area contributed by atoms with Crippen molar-refractivity contribution in [2.75, 3.05) is 27.2 Å². The van der Waals surface area contributed by atoms with Gasteiger partial charge >= 0.3 is 0 Å². The van der Waals surface area contributed by atoms with E-state index in [-0.39, 0.29) is 0 Å². The molecule has 0 radical (unpaired) electrons. The lowest BCUT2D eigenvalue weighted by Crippen LogP contribution is -2.16. The van der Waals surface area contributed by atoms with E-state index in [1.165, 1.54) is 0 Å². The third-order valence-corrected chi connectivity index (χ3v) is 2.11. The number of pyridine rings is 1. The molecule has 4 nitrogen and oxygen atoms in total. The lowest BCUT2D eigenvalue weighted by atomic mass is 10.2. The minimum atomic E-state index is 0.446. The van der Waals surface area contributed by atoms with E-state index in [2.05, 4.69) is 16.0 Å². The number of ether oxygens (including phenoxy) is 1. The smallest absolute Gasteiger partial charge is 0.231 e. The average Bonchev–Trinajstić information content (AvgIpc) is 2.24. The van der Waals surface area contributed by atoms with Gasteiger partial charge in [0.05, 0.1) is 6.61 Å². The number of nitrogens with zero attached hydrogens (tertiary/aromatic N) is 3. The molecule has 0 saturated carbocycles. The molecule has 0 atom stereocenters. The molecule has 0 unspecified atom stereocenters. The van der Waals surface area contributed by atoms with Crippen molar-refractivity contribution in [2.24, 2.45) is 0 Å². The Hall–Kier alpha value is -1.60. The number of aromatic nitrogens is 1. The van der Waals surface area contributed by atoms with E-state index in [1.807, 2.05) is 27.1 Å². The zero-order chi connectivity index (χ0) is 12.0. The first-order chi connectivity index (χ1) is 7.63. The minimum Gasteiger partial charge on any atom is -0.477 e. The number of hydrogen-bond donors (Lipinski definition) is 0. The first kappa shape index (κ1) is 12.5. The highest BCUT2D eigenvalue weighted by molar-refractivity contribution is 5.38. The number of aryl methyl sites for hydroxylation is 1. The van der Waals surface area contributed by atoms with Gasteiger partial charge in [0.25, 0.3) is 0 Å². The molecular formula is C12H17N3O. The van der Waals surface area contributed by atoms with Crippen molar-refractivity contribution >= 4 is 0 Å². The van der Waals surface area contributed by atoms with Gasteiger partial charge in [-0.05, 0) is 39.6 Å². The molecule has 1 aromatic heterocycles. The largest absolute Gasteiger partial charge is 0.477 e. The van der Waals surface area contributed by atoms with E-state index in [4.69, 9.17) is 10.00 Å². The quantitative estimate of drug-likeness (QED) is 0.706. The highest BCUT2D eigenvalue weighted by atomic mass is 16.5. The summed E-state index contributed by atoms with van der Waals surface area (Å²) in [6, 6.07) is 5.62. The second kappa shape index (κ2) is 6.09. The molecular weight excluding hydrogens is 202 g/mol. The predicted octanol–water partition coefficient (Wildman–Crippen LogP) is 1.59. The lowest BCUT2D eigenvalue weighted by molar-refractivity contribution is 0.272. The van der Waals surface area contributed by atoms with Crippen LogP contribution < -0.4 is 4.74 Å². The number of hydrogen-bond acceptors (Lipinski definition) is 4. The van der Waals surface area contributed by atoms with Gasteiger partial charge in [-0.1, -0.05) is 0 Å². The first-order valence-corrected chi connectivity index (χ1v) is 5.28. The van der Waals surface area contributed by atoms with Crippen molar-refractivity contribution in [3.8, 4) is 11.9 Å². The maximum absolute atomic E-state index is 8.88. The molecule has 86 valence electrons. The van der Waals surface area contributed by atoms with E-state index >= 15 is 0 Å². The molecule has 1 heterocycles. The fourth-order valence-corrected chi connectivity index (χ4v) is 1.28. The minimum absolute atomic E-state index is 0.446. The van der Waals surface area contributed by atoms with E-state index in [9.17, 15) is 0 Å². The van der Waals surface area contributed by atoms with Crippen molar-refractivity contribution in [1.29, 1.82) is 5.26 Å². The first-order valence-electron chi connectivity index (χ1n) is 5.28. The average molecular weight is 219 g/mol. The highest BCUT2D eigenvalue weighted by Gasteiger charge is 2.04. The van der Waals surface area contributed by atoms with Crippen LogP contribution in [0.4, 0.5) is 0 Å². The Bertz CT molecular complexity index is 382. The monoisotopic (exact) mass is 219 g/mol. The Morgan fingerprint density at radius 2 is 2.19 bits per heavy atom. The van der Waals surface area contributed by atoms with Gasteiger partial charge in [0, 0.05) is 12.2 Å².